The van der Waals surface area contributed by atoms with E-state index in [1.807, 2.05) is 29.2 Å². The lowest BCUT2D eigenvalue weighted by atomic mass is 9.98. The maximum Gasteiger partial charge on any atom is 0.269 e. The standard InChI is InChI=1S/C21H24ClN3O2/c1-15-8-12-25(13-9-15)21(27)17-7-11-23-19(14-17)20(26)24-10-6-16-2-4-18(22)5-3-16/h2-5,7,11,14-15H,6,8-10,12-13H2,1H3,(H,24,26). The Bertz CT molecular complexity index is 799. The van der Waals surface area contributed by atoms with Crippen LogP contribution in [0.3, 0.4) is 0 Å². The largest absolute Gasteiger partial charge is 0.350 e. The molecule has 0 saturated carbocycles. The van der Waals surface area contributed by atoms with Crippen LogP contribution in [0.1, 0.15) is 46.2 Å². The molecule has 2 aromatic rings. The average molecular weight is 386 g/mol. The lowest BCUT2D eigenvalue weighted by Gasteiger charge is -2.30. The minimum Gasteiger partial charge on any atom is -0.350 e. The fraction of sp³-hybridized carbons (Fsp3) is 0.381. The van der Waals surface area contributed by atoms with Crippen molar-refractivity contribution in [3.63, 3.8) is 0 Å². The summed E-state index contributed by atoms with van der Waals surface area (Å²) >= 11 is 5.87. The summed E-state index contributed by atoms with van der Waals surface area (Å²) in [6.45, 7) is 4.24. The highest BCUT2D eigenvalue weighted by Crippen LogP contribution is 2.18. The normalized spacial score (nSPS) is 14.8. The van der Waals surface area contributed by atoms with Crippen LogP contribution in [0.4, 0.5) is 0 Å². The topological polar surface area (TPSA) is 62.3 Å². The molecular formula is C21H24ClN3O2. The van der Waals surface area contributed by atoms with Crippen molar-refractivity contribution in [1.82, 2.24) is 15.2 Å². The van der Waals surface area contributed by atoms with Gasteiger partial charge in [-0.2, -0.15) is 0 Å². The van der Waals surface area contributed by atoms with Gasteiger partial charge in [-0.15, -0.1) is 0 Å². The summed E-state index contributed by atoms with van der Waals surface area (Å²) in [5.41, 5.74) is 1.88. The first-order valence-electron chi connectivity index (χ1n) is 9.31. The third-order valence-corrected chi connectivity index (χ3v) is 5.17. The Balaban J connectivity index is 1.56. The van der Waals surface area contributed by atoms with Crippen LogP contribution in [-0.2, 0) is 6.42 Å². The molecule has 5 nitrogen and oxygen atoms in total. The van der Waals surface area contributed by atoms with Gasteiger partial charge in [-0.05, 0) is 55.0 Å². The number of benzene rings is 1. The second kappa shape index (κ2) is 9.00. The van der Waals surface area contributed by atoms with Crippen molar-refractivity contribution in [2.24, 2.45) is 5.92 Å². The zero-order valence-corrected chi connectivity index (χ0v) is 16.2. The Morgan fingerprint density at radius 3 is 2.59 bits per heavy atom. The number of carbonyl (C=O) groups is 2. The van der Waals surface area contributed by atoms with Crippen LogP contribution < -0.4 is 5.32 Å². The first-order chi connectivity index (χ1) is 13.0. The molecule has 2 heterocycles. The number of rotatable bonds is 5. The monoisotopic (exact) mass is 385 g/mol. The molecule has 1 saturated heterocycles. The summed E-state index contributed by atoms with van der Waals surface area (Å²) < 4.78 is 0. The summed E-state index contributed by atoms with van der Waals surface area (Å²) in [4.78, 5) is 31.0. The Kier molecular flexibility index (Phi) is 6.45. The molecule has 6 heteroatoms. The number of nitrogens with zero attached hydrogens (tertiary/aromatic N) is 2. The maximum atomic E-state index is 12.7. The number of hydrogen-bond acceptors (Lipinski definition) is 3. The van der Waals surface area contributed by atoms with Crippen molar-refractivity contribution in [2.45, 2.75) is 26.2 Å². The van der Waals surface area contributed by atoms with Crippen molar-refractivity contribution in [3.8, 4) is 0 Å². The van der Waals surface area contributed by atoms with E-state index in [0.29, 0.717) is 29.5 Å². The van der Waals surface area contributed by atoms with Crippen molar-refractivity contribution >= 4 is 23.4 Å². The Morgan fingerprint density at radius 2 is 1.89 bits per heavy atom. The van der Waals surface area contributed by atoms with E-state index in [4.69, 9.17) is 11.6 Å². The van der Waals surface area contributed by atoms with Gasteiger partial charge in [0.1, 0.15) is 5.69 Å². The van der Waals surface area contributed by atoms with E-state index < -0.39 is 0 Å². The fourth-order valence-electron chi connectivity index (χ4n) is 3.14. The SMILES string of the molecule is CC1CCN(C(=O)c2ccnc(C(=O)NCCc3ccc(Cl)cc3)c2)CC1. The second-order valence-electron chi connectivity index (χ2n) is 7.04. The second-order valence-corrected chi connectivity index (χ2v) is 7.47. The van der Waals surface area contributed by atoms with E-state index in [9.17, 15) is 9.59 Å². The summed E-state index contributed by atoms with van der Waals surface area (Å²) in [5, 5.41) is 3.55. The molecule has 0 radical (unpaired) electrons. The molecule has 0 unspecified atom stereocenters. The summed E-state index contributed by atoms with van der Waals surface area (Å²) in [7, 11) is 0. The van der Waals surface area contributed by atoms with Crippen LogP contribution in [0.2, 0.25) is 5.02 Å². The zero-order chi connectivity index (χ0) is 19.2. The van der Waals surface area contributed by atoms with Crippen LogP contribution >= 0.6 is 11.6 Å². The maximum absolute atomic E-state index is 12.7. The van der Waals surface area contributed by atoms with Crippen LogP contribution in [0.15, 0.2) is 42.6 Å². The van der Waals surface area contributed by atoms with Gasteiger partial charge < -0.3 is 10.2 Å². The molecule has 1 aliphatic heterocycles. The van der Waals surface area contributed by atoms with Crippen molar-refractivity contribution in [3.05, 3.63) is 64.4 Å². The van der Waals surface area contributed by atoms with Crippen molar-refractivity contribution in [2.75, 3.05) is 19.6 Å². The summed E-state index contributed by atoms with van der Waals surface area (Å²) in [6, 6.07) is 10.8. The van der Waals surface area contributed by atoms with Crippen molar-refractivity contribution < 1.29 is 9.59 Å². The number of hydrogen-bond donors (Lipinski definition) is 1. The van der Waals surface area contributed by atoms with Crippen LogP contribution in [0.25, 0.3) is 0 Å². The number of halogens is 1. The molecule has 0 spiro atoms. The van der Waals surface area contributed by atoms with E-state index in [1.54, 1.807) is 12.1 Å². The molecule has 1 fully saturated rings. The quantitative estimate of drug-likeness (QED) is 0.855. The molecule has 2 amide bonds. The highest BCUT2D eigenvalue weighted by atomic mass is 35.5. The van der Waals surface area contributed by atoms with Crippen LogP contribution in [0, 0.1) is 5.92 Å². The highest BCUT2D eigenvalue weighted by molar-refractivity contribution is 6.30. The molecular weight excluding hydrogens is 362 g/mol. The third-order valence-electron chi connectivity index (χ3n) is 4.92. The number of aromatic nitrogens is 1. The van der Waals surface area contributed by atoms with Crippen LogP contribution in [-0.4, -0.2) is 41.3 Å². The van der Waals surface area contributed by atoms with Crippen molar-refractivity contribution in [1.29, 1.82) is 0 Å². The van der Waals surface area contributed by atoms with Gasteiger partial charge in [0.2, 0.25) is 0 Å². The average Bonchev–Trinajstić information content (AvgIpc) is 2.69. The molecule has 3 rings (SSSR count). The number of carbonyl (C=O) groups excluding carboxylic acids is 2. The molecule has 142 valence electrons. The van der Waals surface area contributed by atoms with Gasteiger partial charge >= 0.3 is 0 Å². The number of amides is 2. The summed E-state index contributed by atoms with van der Waals surface area (Å²) in [6.07, 6.45) is 4.27. The Hall–Kier alpha value is -2.40. The van der Waals surface area contributed by atoms with E-state index in [0.717, 1.165) is 31.5 Å². The smallest absolute Gasteiger partial charge is 0.269 e. The molecule has 27 heavy (non-hydrogen) atoms. The number of nitrogens with one attached hydrogen (secondary N) is 1. The molecule has 0 aliphatic carbocycles. The van der Waals surface area contributed by atoms with E-state index in [1.165, 1.54) is 6.20 Å². The number of pyridine rings is 1. The number of piperidine rings is 1. The van der Waals surface area contributed by atoms with Gasteiger partial charge in [-0.3, -0.25) is 14.6 Å². The van der Waals surface area contributed by atoms with Crippen LogP contribution in [0.5, 0.6) is 0 Å². The first-order valence-corrected chi connectivity index (χ1v) is 9.68. The van der Waals surface area contributed by atoms with Gasteiger partial charge in [-0.25, -0.2) is 0 Å². The fourth-order valence-corrected chi connectivity index (χ4v) is 3.27. The molecule has 1 aliphatic rings. The Labute approximate surface area is 164 Å². The lowest BCUT2D eigenvalue weighted by Crippen LogP contribution is -2.38. The molecule has 1 aromatic heterocycles. The molecule has 0 bridgehead atoms. The van der Waals surface area contributed by atoms with Gasteiger partial charge in [0.15, 0.2) is 0 Å². The van der Waals surface area contributed by atoms with E-state index in [2.05, 4.69) is 17.2 Å². The molecule has 1 aromatic carbocycles. The lowest BCUT2D eigenvalue weighted by molar-refractivity contribution is 0.0697. The Morgan fingerprint density at radius 1 is 1.19 bits per heavy atom. The van der Waals surface area contributed by atoms with Gasteiger partial charge in [-0.1, -0.05) is 30.7 Å². The molecule has 0 atom stereocenters. The third kappa shape index (κ3) is 5.30. The van der Waals surface area contributed by atoms with Gasteiger partial charge in [0.05, 0.1) is 0 Å². The van der Waals surface area contributed by atoms with Gasteiger partial charge in [0.25, 0.3) is 11.8 Å². The minimum absolute atomic E-state index is 0.0282. The minimum atomic E-state index is -0.272. The van der Waals surface area contributed by atoms with E-state index in [-0.39, 0.29) is 17.5 Å². The zero-order valence-electron chi connectivity index (χ0n) is 15.5. The predicted octanol–water partition coefficient (Wildman–Crippen LogP) is 3.58. The highest BCUT2D eigenvalue weighted by Gasteiger charge is 2.22. The summed E-state index contributed by atoms with van der Waals surface area (Å²) in [5.74, 6) is 0.360. The predicted molar refractivity (Wildman–Crippen MR) is 106 cm³/mol. The number of likely N-dealkylation sites (tertiary alicyclic amines) is 1. The molecule has 1 N–H and O–H groups in total. The van der Waals surface area contributed by atoms with E-state index >= 15 is 0 Å². The van der Waals surface area contributed by atoms with Gasteiger partial charge in [0, 0.05) is 36.4 Å². The first kappa shape index (κ1) is 19.4.